The number of amides is 1. The molecule has 2 rings (SSSR count). The Kier molecular flexibility index (Phi) is 4.44. The molecule has 0 spiro atoms. The minimum atomic E-state index is -0.230. The van der Waals surface area contributed by atoms with Crippen molar-refractivity contribution < 1.29 is 9.53 Å². The molecule has 1 heterocycles. The van der Waals surface area contributed by atoms with Crippen LogP contribution in [0.15, 0.2) is 42.5 Å². The van der Waals surface area contributed by atoms with Crippen LogP contribution in [-0.2, 0) is 6.42 Å². The van der Waals surface area contributed by atoms with Gasteiger partial charge in [-0.05, 0) is 18.1 Å². The third-order valence-corrected chi connectivity index (χ3v) is 2.62. The van der Waals surface area contributed by atoms with E-state index in [0.717, 1.165) is 6.42 Å². The Hall–Kier alpha value is -2.43. The zero-order valence-electron chi connectivity index (χ0n) is 10.7. The molecule has 0 aliphatic carbocycles. The number of hydrogen-bond donors (Lipinski definition) is 1. The number of ether oxygens (including phenoxy) is 1. The van der Waals surface area contributed by atoms with Crippen molar-refractivity contribution in [2.24, 2.45) is 0 Å². The standard InChI is InChI=1S/C14H15N3O2/c1-19-13-8-7-12(16-17-13)14(18)15-10-9-11-5-3-2-4-6-11/h2-8H,9-10H2,1H3,(H,15,18). The van der Waals surface area contributed by atoms with Gasteiger partial charge in [-0.25, -0.2) is 0 Å². The molecule has 19 heavy (non-hydrogen) atoms. The molecule has 0 bridgehead atoms. The minimum absolute atomic E-state index is 0.230. The molecule has 98 valence electrons. The smallest absolute Gasteiger partial charge is 0.271 e. The molecule has 0 saturated carbocycles. The van der Waals surface area contributed by atoms with Gasteiger partial charge in [0.15, 0.2) is 5.69 Å². The summed E-state index contributed by atoms with van der Waals surface area (Å²) in [7, 11) is 1.50. The van der Waals surface area contributed by atoms with Crippen molar-refractivity contribution in [3.63, 3.8) is 0 Å². The van der Waals surface area contributed by atoms with Gasteiger partial charge in [-0.3, -0.25) is 4.79 Å². The van der Waals surface area contributed by atoms with Crippen molar-refractivity contribution in [2.75, 3.05) is 13.7 Å². The summed E-state index contributed by atoms with van der Waals surface area (Å²) >= 11 is 0. The second kappa shape index (κ2) is 6.49. The Morgan fingerprint density at radius 3 is 2.58 bits per heavy atom. The highest BCUT2D eigenvalue weighted by atomic mass is 16.5. The number of carbonyl (C=O) groups is 1. The molecule has 1 aromatic carbocycles. The van der Waals surface area contributed by atoms with Gasteiger partial charge in [0.05, 0.1) is 7.11 Å². The van der Waals surface area contributed by atoms with Gasteiger partial charge in [0.1, 0.15) is 0 Å². The molecule has 1 aromatic heterocycles. The van der Waals surface area contributed by atoms with E-state index in [9.17, 15) is 4.79 Å². The van der Waals surface area contributed by atoms with Gasteiger partial charge < -0.3 is 10.1 Å². The van der Waals surface area contributed by atoms with Crippen LogP contribution < -0.4 is 10.1 Å². The van der Waals surface area contributed by atoms with E-state index in [1.165, 1.54) is 12.7 Å². The zero-order chi connectivity index (χ0) is 13.5. The lowest BCUT2D eigenvalue weighted by atomic mass is 10.1. The summed E-state index contributed by atoms with van der Waals surface area (Å²) in [5.74, 6) is 0.159. The molecule has 1 amide bonds. The van der Waals surface area contributed by atoms with Gasteiger partial charge >= 0.3 is 0 Å². The van der Waals surface area contributed by atoms with Crippen molar-refractivity contribution in [1.82, 2.24) is 15.5 Å². The molecule has 0 aliphatic rings. The van der Waals surface area contributed by atoms with Crippen LogP contribution in [0.5, 0.6) is 5.88 Å². The van der Waals surface area contributed by atoms with E-state index in [4.69, 9.17) is 4.74 Å². The largest absolute Gasteiger partial charge is 0.480 e. The molecular weight excluding hydrogens is 242 g/mol. The molecule has 0 atom stereocenters. The lowest BCUT2D eigenvalue weighted by Gasteiger charge is -2.04. The van der Waals surface area contributed by atoms with Crippen molar-refractivity contribution in [2.45, 2.75) is 6.42 Å². The first kappa shape index (κ1) is 13.0. The summed E-state index contributed by atoms with van der Waals surface area (Å²) in [6.07, 6.45) is 0.788. The minimum Gasteiger partial charge on any atom is -0.480 e. The number of hydrogen-bond acceptors (Lipinski definition) is 4. The lowest BCUT2D eigenvalue weighted by molar-refractivity contribution is 0.0948. The first-order chi connectivity index (χ1) is 9.29. The van der Waals surface area contributed by atoms with Crippen molar-refractivity contribution in [3.8, 4) is 5.88 Å². The zero-order valence-corrected chi connectivity index (χ0v) is 10.7. The molecule has 5 heteroatoms. The molecule has 5 nitrogen and oxygen atoms in total. The van der Waals surface area contributed by atoms with Gasteiger partial charge in [0.25, 0.3) is 5.91 Å². The third-order valence-electron chi connectivity index (χ3n) is 2.62. The highest BCUT2D eigenvalue weighted by Crippen LogP contribution is 2.03. The summed E-state index contributed by atoms with van der Waals surface area (Å²) in [5, 5.41) is 10.3. The SMILES string of the molecule is COc1ccc(C(=O)NCCc2ccccc2)nn1. The number of benzene rings is 1. The number of nitrogens with one attached hydrogen (secondary N) is 1. The van der Waals surface area contributed by atoms with Crippen molar-refractivity contribution in [3.05, 3.63) is 53.7 Å². The fourth-order valence-corrected chi connectivity index (χ4v) is 1.61. The van der Waals surface area contributed by atoms with Gasteiger partial charge in [0, 0.05) is 12.6 Å². The molecule has 0 aliphatic heterocycles. The van der Waals surface area contributed by atoms with Crippen molar-refractivity contribution >= 4 is 5.91 Å². The average Bonchev–Trinajstić information content (AvgIpc) is 2.48. The third kappa shape index (κ3) is 3.77. The Morgan fingerprint density at radius 1 is 1.16 bits per heavy atom. The van der Waals surface area contributed by atoms with Gasteiger partial charge in [-0.15, -0.1) is 10.2 Å². The molecule has 0 fully saturated rings. The maximum atomic E-state index is 11.8. The predicted molar refractivity (Wildman–Crippen MR) is 71.1 cm³/mol. The number of carbonyl (C=O) groups excluding carboxylic acids is 1. The van der Waals surface area contributed by atoms with E-state index in [0.29, 0.717) is 12.4 Å². The Bertz CT molecular complexity index is 526. The summed E-state index contributed by atoms with van der Waals surface area (Å²) in [6.45, 7) is 0.566. The molecular formula is C14H15N3O2. The molecule has 0 saturated heterocycles. The summed E-state index contributed by atoms with van der Waals surface area (Å²) in [5.41, 5.74) is 1.47. The fourth-order valence-electron chi connectivity index (χ4n) is 1.61. The quantitative estimate of drug-likeness (QED) is 0.880. The fraction of sp³-hybridized carbons (Fsp3) is 0.214. The van der Waals surface area contributed by atoms with Crippen LogP contribution >= 0.6 is 0 Å². The Balaban J connectivity index is 1.84. The number of aromatic nitrogens is 2. The van der Waals surface area contributed by atoms with Crippen LogP contribution in [0.1, 0.15) is 16.1 Å². The van der Waals surface area contributed by atoms with E-state index < -0.39 is 0 Å². The Morgan fingerprint density at radius 2 is 1.95 bits per heavy atom. The summed E-state index contributed by atoms with van der Waals surface area (Å²) < 4.78 is 4.88. The summed E-state index contributed by atoms with van der Waals surface area (Å²) in [4.78, 5) is 11.8. The van der Waals surface area contributed by atoms with E-state index in [-0.39, 0.29) is 11.6 Å². The first-order valence-electron chi connectivity index (χ1n) is 5.99. The highest BCUT2D eigenvalue weighted by Gasteiger charge is 2.07. The van der Waals surface area contributed by atoms with Crippen LogP contribution in [-0.4, -0.2) is 29.8 Å². The first-order valence-corrected chi connectivity index (χ1v) is 5.99. The number of methoxy groups -OCH3 is 1. The van der Waals surface area contributed by atoms with Crippen LogP contribution in [0.25, 0.3) is 0 Å². The van der Waals surface area contributed by atoms with E-state index in [1.54, 1.807) is 12.1 Å². The monoisotopic (exact) mass is 257 g/mol. The summed E-state index contributed by atoms with van der Waals surface area (Å²) in [6, 6.07) is 13.2. The average molecular weight is 257 g/mol. The molecule has 0 unspecified atom stereocenters. The van der Waals surface area contributed by atoms with E-state index in [2.05, 4.69) is 15.5 Å². The van der Waals surface area contributed by atoms with Crippen LogP contribution in [0.2, 0.25) is 0 Å². The van der Waals surface area contributed by atoms with E-state index in [1.807, 2.05) is 30.3 Å². The van der Waals surface area contributed by atoms with Crippen LogP contribution in [0, 0.1) is 0 Å². The predicted octanol–water partition coefficient (Wildman–Crippen LogP) is 1.46. The molecule has 1 N–H and O–H groups in total. The maximum Gasteiger partial charge on any atom is 0.271 e. The van der Waals surface area contributed by atoms with Gasteiger partial charge in [-0.1, -0.05) is 30.3 Å². The molecule has 0 radical (unpaired) electrons. The topological polar surface area (TPSA) is 64.1 Å². The number of rotatable bonds is 5. The van der Waals surface area contributed by atoms with Crippen LogP contribution in [0.4, 0.5) is 0 Å². The second-order valence-electron chi connectivity index (χ2n) is 3.95. The molecule has 2 aromatic rings. The second-order valence-corrected chi connectivity index (χ2v) is 3.95. The van der Waals surface area contributed by atoms with E-state index >= 15 is 0 Å². The Labute approximate surface area is 111 Å². The highest BCUT2D eigenvalue weighted by molar-refractivity contribution is 5.92. The van der Waals surface area contributed by atoms with Gasteiger partial charge in [0.2, 0.25) is 5.88 Å². The number of nitrogens with zero attached hydrogens (tertiary/aromatic N) is 2. The van der Waals surface area contributed by atoms with Crippen molar-refractivity contribution in [1.29, 1.82) is 0 Å². The normalized spacial score (nSPS) is 9.95. The maximum absolute atomic E-state index is 11.8. The van der Waals surface area contributed by atoms with Crippen LogP contribution in [0.3, 0.4) is 0 Å². The lowest BCUT2D eigenvalue weighted by Crippen LogP contribution is -2.26. The van der Waals surface area contributed by atoms with Gasteiger partial charge in [-0.2, -0.15) is 0 Å².